The van der Waals surface area contributed by atoms with E-state index in [2.05, 4.69) is 11.8 Å². The van der Waals surface area contributed by atoms with Gasteiger partial charge in [0.15, 0.2) is 0 Å². The Morgan fingerprint density at radius 3 is 2.24 bits per heavy atom. The van der Waals surface area contributed by atoms with Gasteiger partial charge in [0.1, 0.15) is 0 Å². The van der Waals surface area contributed by atoms with Crippen molar-refractivity contribution in [2.24, 2.45) is 5.41 Å². The second-order valence-corrected chi connectivity index (χ2v) is 8.10. The lowest BCUT2D eigenvalue weighted by atomic mass is 9.67. The van der Waals surface area contributed by atoms with Crippen LogP contribution in [0.15, 0.2) is 24.3 Å². The third kappa shape index (κ3) is 4.49. The van der Waals surface area contributed by atoms with Crippen LogP contribution in [0, 0.1) is 5.41 Å². The van der Waals surface area contributed by atoms with Crippen LogP contribution in [-0.4, -0.2) is 30.0 Å². The van der Waals surface area contributed by atoms with Gasteiger partial charge in [0.25, 0.3) is 0 Å². The van der Waals surface area contributed by atoms with Gasteiger partial charge in [0, 0.05) is 18.8 Å². The average molecular weight is 355 g/mol. The summed E-state index contributed by atoms with van der Waals surface area (Å²) in [5, 5.41) is 10.6. The Bertz CT molecular complexity index is 574. The van der Waals surface area contributed by atoms with Crippen LogP contribution < -0.4 is 4.90 Å². The molecule has 1 heterocycles. The van der Waals surface area contributed by atoms with Crippen molar-refractivity contribution in [1.82, 2.24) is 0 Å². The van der Waals surface area contributed by atoms with Crippen molar-refractivity contribution in [3.63, 3.8) is 0 Å². The van der Waals surface area contributed by atoms with E-state index >= 15 is 0 Å². The monoisotopic (exact) mass is 355 g/mol. The molecule has 1 spiro atoms. The first-order valence-electron chi connectivity index (χ1n) is 9.36. The van der Waals surface area contributed by atoms with Crippen molar-refractivity contribution in [3.8, 4) is 0 Å². The van der Waals surface area contributed by atoms with Gasteiger partial charge >= 0.3 is 6.18 Å². The molecule has 2 fully saturated rings. The smallest absolute Gasteiger partial charge is 0.390 e. The van der Waals surface area contributed by atoms with Crippen LogP contribution in [0.5, 0.6) is 0 Å². The zero-order valence-corrected chi connectivity index (χ0v) is 14.9. The summed E-state index contributed by atoms with van der Waals surface area (Å²) in [5.41, 5.74) is 1.11. The highest BCUT2D eigenvalue weighted by Crippen LogP contribution is 2.48. The van der Waals surface area contributed by atoms with Gasteiger partial charge in [-0.25, -0.2) is 0 Å². The molecule has 2 aliphatic rings. The van der Waals surface area contributed by atoms with Gasteiger partial charge in [-0.15, -0.1) is 0 Å². The van der Waals surface area contributed by atoms with E-state index in [-0.39, 0.29) is 5.41 Å². The molecule has 0 radical (unpaired) electrons. The Morgan fingerprint density at radius 1 is 1.04 bits per heavy atom. The summed E-state index contributed by atoms with van der Waals surface area (Å²) in [7, 11) is 0. The summed E-state index contributed by atoms with van der Waals surface area (Å²) >= 11 is 0. The number of hydrogen-bond acceptors (Lipinski definition) is 2. The summed E-state index contributed by atoms with van der Waals surface area (Å²) < 4.78 is 37.4. The second kappa shape index (κ2) is 6.82. The molecule has 0 aromatic heterocycles. The van der Waals surface area contributed by atoms with Gasteiger partial charge in [0.05, 0.1) is 12.0 Å². The molecule has 1 aromatic rings. The summed E-state index contributed by atoms with van der Waals surface area (Å²) in [6, 6.07) is 6.82. The largest absolute Gasteiger partial charge is 0.393 e. The fourth-order valence-electron chi connectivity index (χ4n) is 4.58. The maximum atomic E-state index is 12.5. The zero-order valence-electron chi connectivity index (χ0n) is 14.9. The molecule has 1 aliphatic heterocycles. The number of nitrogens with zero attached hydrogens (tertiary/aromatic N) is 1. The maximum Gasteiger partial charge on any atom is 0.393 e. The molecule has 0 unspecified atom stereocenters. The van der Waals surface area contributed by atoms with Gasteiger partial charge in [-0.1, -0.05) is 25.5 Å². The van der Waals surface area contributed by atoms with Crippen LogP contribution >= 0.6 is 0 Å². The molecule has 25 heavy (non-hydrogen) atoms. The Hall–Kier alpha value is -1.23. The number of rotatable bonds is 4. The standard InChI is InChI=1S/C20H28F3NO/c1-2-7-19(25)10-8-18(9-11-19)12-13-24(15-18)17-5-3-16(4-6-17)14-20(21,22)23/h3-6,25H,2,7-15H2,1H3. The van der Waals surface area contributed by atoms with Crippen molar-refractivity contribution in [2.45, 2.75) is 70.1 Å². The first-order valence-corrected chi connectivity index (χ1v) is 9.36. The molecular formula is C20H28F3NO. The summed E-state index contributed by atoms with van der Waals surface area (Å²) in [6.45, 7) is 4.01. The minimum Gasteiger partial charge on any atom is -0.390 e. The molecule has 2 nitrogen and oxygen atoms in total. The van der Waals surface area contributed by atoms with Crippen LogP contribution in [0.2, 0.25) is 0 Å². The first kappa shape index (κ1) is 18.6. The molecule has 1 saturated heterocycles. The number of aliphatic hydroxyl groups is 1. The van der Waals surface area contributed by atoms with E-state index in [1.54, 1.807) is 12.1 Å². The van der Waals surface area contributed by atoms with Gasteiger partial charge in [-0.3, -0.25) is 0 Å². The molecule has 1 saturated carbocycles. The van der Waals surface area contributed by atoms with Gasteiger partial charge in [0.2, 0.25) is 0 Å². The highest BCUT2D eigenvalue weighted by Gasteiger charge is 2.45. The van der Waals surface area contributed by atoms with Crippen molar-refractivity contribution < 1.29 is 18.3 Å². The van der Waals surface area contributed by atoms with E-state index in [0.29, 0.717) is 5.56 Å². The highest BCUT2D eigenvalue weighted by molar-refractivity contribution is 5.49. The predicted molar refractivity (Wildman–Crippen MR) is 93.8 cm³/mol. The Labute approximate surface area is 148 Å². The molecule has 0 amide bonds. The summed E-state index contributed by atoms with van der Waals surface area (Å²) in [6.07, 6.45) is 1.83. The van der Waals surface area contributed by atoms with Crippen molar-refractivity contribution in [2.75, 3.05) is 18.0 Å². The molecule has 3 rings (SSSR count). The summed E-state index contributed by atoms with van der Waals surface area (Å²) in [4.78, 5) is 2.29. The lowest BCUT2D eigenvalue weighted by Gasteiger charge is -2.42. The van der Waals surface area contributed by atoms with Crippen LogP contribution in [0.1, 0.15) is 57.4 Å². The molecule has 140 valence electrons. The SMILES string of the molecule is CCCC1(O)CCC2(CCN(c3ccc(CC(F)(F)F)cc3)C2)CC1. The Balaban J connectivity index is 1.60. The van der Waals surface area contributed by atoms with Crippen LogP contribution in [0.25, 0.3) is 0 Å². The van der Waals surface area contributed by atoms with Crippen LogP contribution in [0.4, 0.5) is 18.9 Å². The van der Waals surface area contributed by atoms with E-state index in [9.17, 15) is 18.3 Å². The molecule has 0 atom stereocenters. The van der Waals surface area contributed by atoms with E-state index in [1.807, 2.05) is 12.1 Å². The summed E-state index contributed by atoms with van der Waals surface area (Å²) in [5.74, 6) is 0. The number of hydrogen-bond donors (Lipinski definition) is 1. The van der Waals surface area contributed by atoms with Crippen molar-refractivity contribution in [1.29, 1.82) is 0 Å². The average Bonchev–Trinajstić information content (AvgIpc) is 2.95. The fourth-order valence-corrected chi connectivity index (χ4v) is 4.58. The van der Waals surface area contributed by atoms with Crippen LogP contribution in [-0.2, 0) is 6.42 Å². The predicted octanol–water partition coefficient (Wildman–Crippen LogP) is 5.09. The fraction of sp³-hybridized carbons (Fsp3) is 0.700. The Morgan fingerprint density at radius 2 is 1.68 bits per heavy atom. The number of benzene rings is 1. The van der Waals surface area contributed by atoms with E-state index in [0.717, 1.165) is 63.7 Å². The van der Waals surface area contributed by atoms with Gasteiger partial charge < -0.3 is 10.0 Å². The second-order valence-electron chi connectivity index (χ2n) is 8.10. The quantitative estimate of drug-likeness (QED) is 0.813. The molecule has 1 N–H and O–H groups in total. The minimum absolute atomic E-state index is 0.268. The molecule has 0 bridgehead atoms. The molecule has 5 heteroatoms. The lowest BCUT2D eigenvalue weighted by Crippen LogP contribution is -2.40. The number of alkyl halides is 3. The van der Waals surface area contributed by atoms with Gasteiger partial charge in [-0.2, -0.15) is 13.2 Å². The number of anilines is 1. The highest BCUT2D eigenvalue weighted by atomic mass is 19.4. The van der Waals surface area contributed by atoms with Crippen molar-refractivity contribution >= 4 is 5.69 Å². The normalized spacial score (nSPS) is 30.2. The molecule has 1 aromatic carbocycles. The minimum atomic E-state index is -4.16. The number of halogens is 3. The zero-order chi connectivity index (χ0) is 18.1. The third-order valence-corrected chi connectivity index (χ3v) is 6.10. The maximum absolute atomic E-state index is 12.5. The van der Waals surface area contributed by atoms with Crippen molar-refractivity contribution in [3.05, 3.63) is 29.8 Å². The first-order chi connectivity index (χ1) is 11.7. The topological polar surface area (TPSA) is 23.5 Å². The van der Waals surface area contributed by atoms with E-state index in [1.165, 1.54) is 0 Å². The molecule has 1 aliphatic carbocycles. The molecular weight excluding hydrogens is 327 g/mol. The Kier molecular flexibility index (Phi) is 5.06. The lowest BCUT2D eigenvalue weighted by molar-refractivity contribution is -0.127. The third-order valence-electron chi connectivity index (χ3n) is 6.10. The van der Waals surface area contributed by atoms with Gasteiger partial charge in [-0.05, 0) is 61.6 Å². The van der Waals surface area contributed by atoms with E-state index < -0.39 is 18.2 Å². The van der Waals surface area contributed by atoms with Crippen LogP contribution in [0.3, 0.4) is 0 Å². The van der Waals surface area contributed by atoms with E-state index in [4.69, 9.17) is 0 Å².